The Morgan fingerprint density at radius 3 is 2.24 bits per heavy atom. The lowest BCUT2D eigenvalue weighted by Crippen LogP contribution is -2.48. The van der Waals surface area contributed by atoms with Gasteiger partial charge in [-0.1, -0.05) is 19.1 Å². The van der Waals surface area contributed by atoms with Crippen LogP contribution in [0.3, 0.4) is 0 Å². The summed E-state index contributed by atoms with van der Waals surface area (Å²) < 4.78 is 70.3. The van der Waals surface area contributed by atoms with E-state index in [1.807, 2.05) is 0 Å². The lowest BCUT2D eigenvalue weighted by molar-refractivity contribution is -0.294. The van der Waals surface area contributed by atoms with Crippen molar-refractivity contribution in [2.24, 2.45) is 0 Å². The Morgan fingerprint density at radius 2 is 1.81 bits per heavy atom. The van der Waals surface area contributed by atoms with Crippen molar-refractivity contribution in [1.29, 1.82) is 0 Å². The molecule has 0 aliphatic carbocycles. The number of hydrogen-bond donors (Lipinski definition) is 1. The van der Waals surface area contributed by atoms with Crippen LogP contribution in [-0.2, 0) is 0 Å². The first-order valence-corrected chi connectivity index (χ1v) is 6.47. The summed E-state index contributed by atoms with van der Waals surface area (Å²) in [6.07, 6.45) is -5.17. The van der Waals surface area contributed by atoms with Crippen molar-refractivity contribution >= 4 is 0 Å². The van der Waals surface area contributed by atoms with Gasteiger partial charge >= 0.3 is 12.1 Å². The molecule has 0 saturated heterocycles. The van der Waals surface area contributed by atoms with Crippen molar-refractivity contribution in [2.45, 2.75) is 38.4 Å². The number of hydrogen-bond acceptors (Lipinski definition) is 2. The molecule has 120 valence electrons. The Hall–Kier alpha value is -1.37. The molecular formula is C14H18F5NO. The third-order valence-electron chi connectivity index (χ3n) is 3.09. The molecule has 0 aliphatic heterocycles. The molecule has 0 amide bonds. The first-order chi connectivity index (χ1) is 9.65. The van der Waals surface area contributed by atoms with Gasteiger partial charge in [0.1, 0.15) is 11.8 Å². The molecular weight excluding hydrogens is 293 g/mol. The number of ether oxygens (including phenoxy) is 1. The van der Waals surface area contributed by atoms with Crippen LogP contribution in [0.1, 0.15) is 30.5 Å². The van der Waals surface area contributed by atoms with Crippen LogP contribution in [0.25, 0.3) is 0 Å². The molecule has 1 N–H and O–H groups in total. The third kappa shape index (κ3) is 3.84. The van der Waals surface area contributed by atoms with Crippen LogP contribution < -0.4 is 10.1 Å². The molecule has 21 heavy (non-hydrogen) atoms. The maximum Gasteiger partial charge on any atom is 0.455 e. The molecule has 0 aromatic heterocycles. The van der Waals surface area contributed by atoms with Crippen molar-refractivity contribution in [3.05, 3.63) is 29.3 Å². The first kappa shape index (κ1) is 17.7. The highest BCUT2D eigenvalue weighted by atomic mass is 19.4. The quantitative estimate of drug-likeness (QED) is 0.793. The van der Waals surface area contributed by atoms with Gasteiger partial charge in [0.05, 0.1) is 7.11 Å². The van der Waals surface area contributed by atoms with Gasteiger partial charge in [-0.05, 0) is 37.1 Å². The molecule has 0 radical (unpaired) electrons. The molecule has 0 bridgehead atoms. The Kier molecular flexibility index (Phi) is 5.55. The average molecular weight is 311 g/mol. The smallest absolute Gasteiger partial charge is 0.455 e. The molecule has 1 aromatic carbocycles. The van der Waals surface area contributed by atoms with Gasteiger partial charge in [0, 0.05) is 0 Å². The summed E-state index contributed by atoms with van der Waals surface area (Å²) in [6, 6.07) is 1.77. The van der Waals surface area contributed by atoms with Crippen LogP contribution in [-0.4, -0.2) is 25.8 Å². The van der Waals surface area contributed by atoms with E-state index in [9.17, 15) is 22.0 Å². The zero-order valence-corrected chi connectivity index (χ0v) is 12.0. The van der Waals surface area contributed by atoms with E-state index in [2.05, 4.69) is 5.32 Å². The Bertz CT molecular complexity index is 473. The molecule has 0 fully saturated rings. The summed E-state index contributed by atoms with van der Waals surface area (Å²) in [6.45, 7) is 3.33. The highest BCUT2D eigenvalue weighted by Crippen LogP contribution is 2.45. The molecule has 1 aromatic rings. The van der Waals surface area contributed by atoms with Crippen molar-refractivity contribution in [1.82, 2.24) is 5.32 Å². The van der Waals surface area contributed by atoms with Gasteiger partial charge in [0.25, 0.3) is 0 Å². The molecule has 1 rings (SSSR count). The summed E-state index contributed by atoms with van der Waals surface area (Å²) in [4.78, 5) is 0. The minimum Gasteiger partial charge on any atom is -0.496 e. The van der Waals surface area contributed by atoms with Gasteiger partial charge in [-0.2, -0.15) is 22.0 Å². The molecule has 0 saturated carbocycles. The summed E-state index contributed by atoms with van der Waals surface area (Å²) in [5.41, 5.74) is 0.375. The van der Waals surface area contributed by atoms with Crippen LogP contribution in [0.5, 0.6) is 5.75 Å². The Morgan fingerprint density at radius 1 is 1.19 bits per heavy atom. The van der Waals surface area contributed by atoms with E-state index in [1.54, 1.807) is 13.8 Å². The molecule has 2 nitrogen and oxygen atoms in total. The molecule has 0 aliphatic rings. The number of rotatable bonds is 6. The fraction of sp³-hybridized carbons (Fsp3) is 0.571. The van der Waals surface area contributed by atoms with Gasteiger partial charge in [0.2, 0.25) is 0 Å². The molecule has 1 atom stereocenters. The van der Waals surface area contributed by atoms with E-state index < -0.39 is 18.1 Å². The van der Waals surface area contributed by atoms with E-state index >= 15 is 0 Å². The van der Waals surface area contributed by atoms with E-state index in [-0.39, 0.29) is 12.1 Å². The number of aryl methyl sites for hydroxylation is 1. The van der Waals surface area contributed by atoms with E-state index in [1.165, 1.54) is 25.3 Å². The topological polar surface area (TPSA) is 21.3 Å². The zero-order valence-electron chi connectivity index (χ0n) is 12.0. The summed E-state index contributed by atoms with van der Waals surface area (Å²) >= 11 is 0. The van der Waals surface area contributed by atoms with Crippen LogP contribution in [0.2, 0.25) is 0 Å². The number of nitrogens with one attached hydrogen (secondary N) is 1. The summed E-state index contributed by atoms with van der Waals surface area (Å²) in [5, 5.41) is 2.29. The second-order valence-electron chi connectivity index (χ2n) is 4.74. The lowest BCUT2D eigenvalue weighted by Gasteiger charge is -2.30. The largest absolute Gasteiger partial charge is 0.496 e. The van der Waals surface area contributed by atoms with Crippen LogP contribution >= 0.6 is 0 Å². The summed E-state index contributed by atoms with van der Waals surface area (Å²) in [7, 11) is 1.40. The second-order valence-corrected chi connectivity index (χ2v) is 4.74. The third-order valence-corrected chi connectivity index (χ3v) is 3.09. The zero-order chi connectivity index (χ0) is 16.3. The number of halogens is 5. The van der Waals surface area contributed by atoms with Crippen LogP contribution in [0, 0.1) is 6.92 Å². The normalized spacial score (nSPS) is 14.1. The van der Waals surface area contributed by atoms with Crippen molar-refractivity contribution < 1.29 is 26.7 Å². The maximum absolute atomic E-state index is 13.7. The summed E-state index contributed by atoms with van der Waals surface area (Å²) in [5.74, 6) is -4.42. The minimum atomic E-state index is -5.62. The van der Waals surface area contributed by atoms with Gasteiger partial charge in [-0.3, -0.25) is 0 Å². The first-order valence-electron chi connectivity index (χ1n) is 6.47. The number of alkyl halides is 5. The van der Waals surface area contributed by atoms with Crippen molar-refractivity contribution in [2.75, 3.05) is 13.7 Å². The molecule has 7 heteroatoms. The Labute approximate surface area is 120 Å². The molecule has 0 heterocycles. The Balaban J connectivity index is 3.22. The monoisotopic (exact) mass is 311 g/mol. The van der Waals surface area contributed by atoms with Gasteiger partial charge < -0.3 is 10.1 Å². The predicted molar refractivity (Wildman–Crippen MR) is 69.8 cm³/mol. The highest BCUT2D eigenvalue weighted by Gasteiger charge is 2.62. The van der Waals surface area contributed by atoms with Crippen LogP contribution in [0.4, 0.5) is 22.0 Å². The fourth-order valence-electron chi connectivity index (χ4n) is 1.99. The number of methoxy groups -OCH3 is 1. The van der Waals surface area contributed by atoms with Crippen molar-refractivity contribution in [3.63, 3.8) is 0 Å². The number of benzene rings is 1. The average Bonchev–Trinajstić information content (AvgIpc) is 2.37. The molecule has 1 unspecified atom stereocenters. The van der Waals surface area contributed by atoms with Crippen molar-refractivity contribution in [3.8, 4) is 5.75 Å². The van der Waals surface area contributed by atoms with Gasteiger partial charge in [0.15, 0.2) is 0 Å². The van der Waals surface area contributed by atoms with Crippen LogP contribution in [0.15, 0.2) is 18.2 Å². The predicted octanol–water partition coefficient (Wildman–Crippen LogP) is 4.24. The van der Waals surface area contributed by atoms with Gasteiger partial charge in [-0.25, -0.2) is 0 Å². The highest BCUT2D eigenvalue weighted by molar-refractivity contribution is 5.38. The van der Waals surface area contributed by atoms with E-state index in [0.717, 1.165) is 0 Å². The minimum absolute atomic E-state index is 0.0570. The lowest BCUT2D eigenvalue weighted by atomic mass is 9.97. The second kappa shape index (κ2) is 6.60. The van der Waals surface area contributed by atoms with Gasteiger partial charge in [-0.15, -0.1) is 0 Å². The standard InChI is InChI=1S/C14H18F5NO/c1-4-7-20-12(13(15,16)14(17,18)19)10-5-6-11(21-3)9(2)8-10/h5-6,8,12,20H,4,7H2,1-3H3. The maximum atomic E-state index is 13.7. The molecule has 0 spiro atoms. The fourth-order valence-corrected chi connectivity index (χ4v) is 1.99. The van der Waals surface area contributed by atoms with E-state index in [0.29, 0.717) is 17.7 Å². The SMILES string of the molecule is CCCNC(c1ccc(OC)c(C)c1)C(F)(F)C(F)(F)F. The van der Waals surface area contributed by atoms with E-state index in [4.69, 9.17) is 4.74 Å².